The minimum absolute atomic E-state index is 0.157. The highest BCUT2D eigenvalue weighted by Gasteiger charge is 2.22. The molecule has 278 valence electrons. The summed E-state index contributed by atoms with van der Waals surface area (Å²) in [5.74, 6) is 0.964. The second kappa shape index (κ2) is 23.9. The van der Waals surface area contributed by atoms with Gasteiger partial charge < -0.3 is 28.4 Å². The van der Waals surface area contributed by atoms with Crippen LogP contribution >= 0.6 is 0 Å². The zero-order valence-electron chi connectivity index (χ0n) is 31.4. The number of carbonyl (C=O) groups excluding carboxylic acids is 2. The molecule has 3 aromatic rings. The average molecular weight is 695 g/mol. The summed E-state index contributed by atoms with van der Waals surface area (Å²) in [6, 6.07) is 14.3. The number of aryl methyl sites for hydroxylation is 1. The van der Waals surface area contributed by atoms with E-state index in [1.807, 2.05) is 24.3 Å². The van der Waals surface area contributed by atoms with Gasteiger partial charge in [0.2, 0.25) is 0 Å². The number of benzene rings is 3. The van der Waals surface area contributed by atoms with Gasteiger partial charge in [0.25, 0.3) is 0 Å². The highest BCUT2D eigenvalue weighted by molar-refractivity contribution is 6.11. The first kappa shape index (κ1) is 41.1. The molecule has 0 amide bonds. The van der Waals surface area contributed by atoms with E-state index in [4.69, 9.17) is 28.4 Å². The summed E-state index contributed by atoms with van der Waals surface area (Å²) in [5, 5.41) is 3.56. The van der Waals surface area contributed by atoms with E-state index in [1.54, 1.807) is 0 Å². The van der Waals surface area contributed by atoms with Crippen LogP contribution < -0.4 is 9.47 Å². The second-order valence-corrected chi connectivity index (χ2v) is 13.1. The normalized spacial score (nSPS) is 12.6. The van der Waals surface area contributed by atoms with E-state index in [-0.39, 0.29) is 38.4 Å². The van der Waals surface area contributed by atoms with Crippen LogP contribution in [0.2, 0.25) is 0 Å². The topological polar surface area (TPSA) is 89.5 Å². The van der Waals surface area contributed by atoms with Gasteiger partial charge in [-0.3, -0.25) is 9.59 Å². The van der Waals surface area contributed by atoms with Crippen LogP contribution in [0, 0.1) is 0 Å². The maximum Gasteiger partial charge on any atom is 0.306 e. The molecule has 8 nitrogen and oxygen atoms in total. The molecule has 0 heterocycles. The SMILES string of the molecule is CCCCCCC(=O)OC(COCCC)COc1c2ccccc2c(OCC(COCCC)OC(=O)CCCCCC)c2cc(CC)ccc12. The van der Waals surface area contributed by atoms with Gasteiger partial charge in [0.1, 0.15) is 24.7 Å². The number of hydrogen-bond donors (Lipinski definition) is 0. The Morgan fingerprint density at radius 2 is 1.02 bits per heavy atom. The van der Waals surface area contributed by atoms with Crippen molar-refractivity contribution < 1.29 is 38.0 Å². The van der Waals surface area contributed by atoms with Gasteiger partial charge in [-0.15, -0.1) is 0 Å². The summed E-state index contributed by atoms with van der Waals surface area (Å²) in [5.41, 5.74) is 1.16. The highest BCUT2D eigenvalue weighted by Crippen LogP contribution is 2.43. The molecule has 50 heavy (non-hydrogen) atoms. The van der Waals surface area contributed by atoms with Crippen LogP contribution in [0.1, 0.15) is 117 Å². The molecule has 0 fully saturated rings. The van der Waals surface area contributed by atoms with E-state index in [1.165, 1.54) is 0 Å². The molecule has 0 aliphatic carbocycles. The van der Waals surface area contributed by atoms with Gasteiger partial charge >= 0.3 is 11.9 Å². The Balaban J connectivity index is 1.90. The Morgan fingerprint density at radius 3 is 1.48 bits per heavy atom. The lowest BCUT2D eigenvalue weighted by atomic mass is 9.98. The fourth-order valence-electron chi connectivity index (χ4n) is 5.86. The lowest BCUT2D eigenvalue weighted by Gasteiger charge is -2.23. The van der Waals surface area contributed by atoms with E-state index in [2.05, 4.69) is 52.8 Å². The van der Waals surface area contributed by atoms with Crippen LogP contribution in [0.25, 0.3) is 21.5 Å². The average Bonchev–Trinajstić information content (AvgIpc) is 3.12. The third-order valence-corrected chi connectivity index (χ3v) is 8.59. The van der Waals surface area contributed by atoms with Crippen LogP contribution in [0.15, 0.2) is 42.5 Å². The summed E-state index contributed by atoms with van der Waals surface area (Å²) in [7, 11) is 0. The maximum absolute atomic E-state index is 12.8. The Hall–Kier alpha value is -3.36. The van der Waals surface area contributed by atoms with Crippen molar-refractivity contribution in [1.82, 2.24) is 0 Å². The smallest absolute Gasteiger partial charge is 0.306 e. The molecular formula is C42H62O8. The Morgan fingerprint density at radius 1 is 0.540 bits per heavy atom. The molecule has 0 saturated carbocycles. The van der Waals surface area contributed by atoms with Crippen molar-refractivity contribution in [2.75, 3.05) is 39.6 Å². The van der Waals surface area contributed by atoms with Crippen molar-refractivity contribution in [3.63, 3.8) is 0 Å². The molecule has 0 aromatic heterocycles. The van der Waals surface area contributed by atoms with Gasteiger partial charge in [0, 0.05) is 47.6 Å². The lowest BCUT2D eigenvalue weighted by Crippen LogP contribution is -2.30. The fraction of sp³-hybridized carbons (Fsp3) is 0.619. The molecule has 0 radical (unpaired) electrons. The van der Waals surface area contributed by atoms with Crippen molar-refractivity contribution >= 4 is 33.5 Å². The number of esters is 2. The molecule has 3 rings (SSSR count). The van der Waals surface area contributed by atoms with Gasteiger partial charge in [-0.2, -0.15) is 0 Å². The standard InChI is InChI=1S/C42H62O8/c1-6-11-13-15-21-39(43)49-33(28-45-25-8-3)30-47-41-35-19-17-18-20-36(35)42(38-27-32(10-5)23-24-37(38)41)48-31-34(29-46-26-9-4)50-40(44)22-16-14-12-7-2/h17-20,23-24,27,33-34H,6-16,21-22,25-26,28-31H2,1-5H3. The lowest BCUT2D eigenvalue weighted by molar-refractivity contribution is -0.155. The molecule has 2 atom stereocenters. The van der Waals surface area contributed by atoms with Crippen molar-refractivity contribution in [2.24, 2.45) is 0 Å². The first-order valence-corrected chi connectivity index (χ1v) is 19.2. The largest absolute Gasteiger partial charge is 0.488 e. The van der Waals surface area contributed by atoms with Crippen LogP contribution in [0.3, 0.4) is 0 Å². The summed E-state index contributed by atoms with van der Waals surface area (Å²) < 4.78 is 36.7. The van der Waals surface area contributed by atoms with Gasteiger partial charge in [-0.05, 0) is 43.7 Å². The predicted molar refractivity (Wildman–Crippen MR) is 201 cm³/mol. The molecule has 0 aliphatic rings. The minimum Gasteiger partial charge on any atom is -0.488 e. The van der Waals surface area contributed by atoms with Crippen LogP contribution in [-0.4, -0.2) is 63.8 Å². The summed E-state index contributed by atoms with van der Waals surface area (Å²) in [6.45, 7) is 12.6. The van der Waals surface area contributed by atoms with Crippen molar-refractivity contribution in [3.05, 3.63) is 48.0 Å². The van der Waals surface area contributed by atoms with Crippen molar-refractivity contribution in [2.45, 2.75) is 130 Å². The maximum atomic E-state index is 12.8. The number of fused-ring (bicyclic) bond motifs is 2. The molecule has 0 bridgehead atoms. The van der Waals surface area contributed by atoms with Gasteiger partial charge in [0.15, 0.2) is 12.2 Å². The van der Waals surface area contributed by atoms with Crippen LogP contribution in [0.4, 0.5) is 0 Å². The summed E-state index contributed by atoms with van der Waals surface area (Å²) in [4.78, 5) is 25.5. The molecular weight excluding hydrogens is 632 g/mol. The molecule has 3 aromatic carbocycles. The van der Waals surface area contributed by atoms with E-state index in [0.717, 1.165) is 97.7 Å². The number of rotatable bonds is 27. The third kappa shape index (κ3) is 13.7. The highest BCUT2D eigenvalue weighted by atomic mass is 16.6. The fourth-order valence-corrected chi connectivity index (χ4v) is 5.86. The minimum atomic E-state index is -0.542. The number of carbonyl (C=O) groups is 2. The van der Waals surface area contributed by atoms with Gasteiger partial charge in [-0.1, -0.05) is 110 Å². The molecule has 0 spiro atoms. The van der Waals surface area contributed by atoms with Gasteiger partial charge in [-0.25, -0.2) is 0 Å². The van der Waals surface area contributed by atoms with Crippen molar-refractivity contribution in [1.29, 1.82) is 0 Å². The van der Waals surface area contributed by atoms with Crippen LogP contribution in [-0.2, 0) is 35.0 Å². The van der Waals surface area contributed by atoms with E-state index < -0.39 is 12.2 Å². The Kier molecular flexibility index (Phi) is 19.7. The Bertz CT molecular complexity index is 1420. The number of ether oxygens (including phenoxy) is 6. The zero-order chi connectivity index (χ0) is 36.0. The quantitative estimate of drug-likeness (QED) is 0.0443. The summed E-state index contributed by atoms with van der Waals surface area (Å²) >= 11 is 0. The second-order valence-electron chi connectivity index (χ2n) is 13.1. The van der Waals surface area contributed by atoms with E-state index in [0.29, 0.717) is 37.6 Å². The monoisotopic (exact) mass is 694 g/mol. The predicted octanol–water partition coefficient (Wildman–Crippen LogP) is 9.93. The first-order chi connectivity index (χ1) is 24.4. The number of hydrogen-bond acceptors (Lipinski definition) is 8. The van der Waals surface area contributed by atoms with Crippen LogP contribution in [0.5, 0.6) is 11.5 Å². The Labute approximate surface area is 300 Å². The van der Waals surface area contributed by atoms with E-state index in [9.17, 15) is 9.59 Å². The zero-order valence-corrected chi connectivity index (χ0v) is 31.4. The number of unbranched alkanes of at least 4 members (excludes halogenated alkanes) is 6. The summed E-state index contributed by atoms with van der Waals surface area (Å²) in [6.07, 6.45) is 10.4. The molecule has 0 saturated heterocycles. The van der Waals surface area contributed by atoms with Crippen molar-refractivity contribution in [3.8, 4) is 11.5 Å². The third-order valence-electron chi connectivity index (χ3n) is 8.59. The molecule has 8 heteroatoms. The van der Waals surface area contributed by atoms with E-state index >= 15 is 0 Å². The van der Waals surface area contributed by atoms with Gasteiger partial charge in [0.05, 0.1) is 13.2 Å². The molecule has 2 unspecified atom stereocenters. The molecule has 0 aliphatic heterocycles. The first-order valence-electron chi connectivity index (χ1n) is 19.2. The molecule has 0 N–H and O–H groups in total.